The van der Waals surface area contributed by atoms with Crippen molar-refractivity contribution in [3.63, 3.8) is 0 Å². The Balaban J connectivity index is 2.23. The summed E-state index contributed by atoms with van der Waals surface area (Å²) in [6, 6.07) is 5.08. The SMILES string of the molecule is Cc1coc(NC(=O)c2cccc(C)c2O)n1. The van der Waals surface area contributed by atoms with Gasteiger partial charge in [-0.1, -0.05) is 12.1 Å². The maximum atomic E-state index is 11.8. The molecule has 1 amide bonds. The molecule has 0 bridgehead atoms. The number of aromatic hydroxyl groups is 1. The second-order valence-corrected chi connectivity index (χ2v) is 3.72. The molecular formula is C12H12N2O3. The number of benzene rings is 1. The molecule has 5 nitrogen and oxygen atoms in total. The lowest BCUT2D eigenvalue weighted by atomic mass is 10.1. The van der Waals surface area contributed by atoms with E-state index < -0.39 is 5.91 Å². The van der Waals surface area contributed by atoms with Crippen LogP contribution in [0.3, 0.4) is 0 Å². The standard InChI is InChI=1S/C12H12N2O3/c1-7-4-3-5-9(10(7)15)11(16)14-12-13-8(2)6-17-12/h3-6,15H,1-2H3,(H,13,14,16). The minimum Gasteiger partial charge on any atom is -0.507 e. The molecule has 1 heterocycles. The fraction of sp³-hybridized carbons (Fsp3) is 0.167. The van der Waals surface area contributed by atoms with Crippen LogP contribution in [0.5, 0.6) is 5.75 Å². The fourth-order valence-corrected chi connectivity index (χ4v) is 1.42. The van der Waals surface area contributed by atoms with Crippen molar-refractivity contribution >= 4 is 11.9 Å². The van der Waals surface area contributed by atoms with E-state index in [0.29, 0.717) is 11.3 Å². The van der Waals surface area contributed by atoms with Crippen LogP contribution in [0.4, 0.5) is 6.01 Å². The molecule has 0 aliphatic rings. The summed E-state index contributed by atoms with van der Waals surface area (Å²) in [4.78, 5) is 15.8. The van der Waals surface area contributed by atoms with Gasteiger partial charge < -0.3 is 9.52 Å². The second kappa shape index (κ2) is 4.29. The molecular weight excluding hydrogens is 220 g/mol. The molecule has 0 aliphatic carbocycles. The van der Waals surface area contributed by atoms with Crippen LogP contribution in [0.15, 0.2) is 28.9 Å². The van der Waals surface area contributed by atoms with Gasteiger partial charge in [-0.15, -0.1) is 0 Å². The number of carbonyl (C=O) groups excluding carboxylic acids is 1. The molecule has 0 saturated carbocycles. The molecule has 0 fully saturated rings. The molecule has 0 unspecified atom stereocenters. The van der Waals surface area contributed by atoms with Crippen LogP contribution >= 0.6 is 0 Å². The Kier molecular flexibility index (Phi) is 2.82. The van der Waals surface area contributed by atoms with Gasteiger partial charge in [-0.05, 0) is 25.5 Å². The number of nitrogens with one attached hydrogen (secondary N) is 1. The number of aryl methyl sites for hydroxylation is 2. The molecule has 0 saturated heterocycles. The van der Waals surface area contributed by atoms with Gasteiger partial charge in [0.15, 0.2) is 0 Å². The smallest absolute Gasteiger partial charge is 0.301 e. The summed E-state index contributed by atoms with van der Waals surface area (Å²) >= 11 is 0. The third-order valence-electron chi connectivity index (χ3n) is 2.32. The molecule has 2 N–H and O–H groups in total. The minimum atomic E-state index is -0.451. The van der Waals surface area contributed by atoms with Crippen LogP contribution < -0.4 is 5.32 Å². The zero-order valence-corrected chi connectivity index (χ0v) is 9.52. The Hall–Kier alpha value is -2.30. The zero-order chi connectivity index (χ0) is 12.4. The number of phenols is 1. The average molecular weight is 232 g/mol. The highest BCUT2D eigenvalue weighted by Crippen LogP contribution is 2.22. The van der Waals surface area contributed by atoms with Crippen LogP contribution in [0, 0.1) is 13.8 Å². The summed E-state index contributed by atoms with van der Waals surface area (Å²) < 4.78 is 5.00. The van der Waals surface area contributed by atoms with Crippen LogP contribution in [0.1, 0.15) is 21.6 Å². The van der Waals surface area contributed by atoms with Crippen molar-refractivity contribution in [2.24, 2.45) is 0 Å². The molecule has 0 radical (unpaired) electrons. The normalized spacial score (nSPS) is 10.2. The van der Waals surface area contributed by atoms with E-state index in [9.17, 15) is 9.90 Å². The lowest BCUT2D eigenvalue weighted by molar-refractivity contribution is 0.102. The summed E-state index contributed by atoms with van der Waals surface area (Å²) in [5.41, 5.74) is 1.51. The third kappa shape index (κ3) is 2.28. The first-order valence-electron chi connectivity index (χ1n) is 5.10. The van der Waals surface area contributed by atoms with Gasteiger partial charge in [-0.2, -0.15) is 4.98 Å². The summed E-state index contributed by atoms with van der Waals surface area (Å²) in [5.74, 6) is -0.485. The number of carbonyl (C=O) groups is 1. The van der Waals surface area contributed by atoms with Gasteiger partial charge in [0.2, 0.25) is 0 Å². The maximum Gasteiger partial charge on any atom is 0.301 e. The van der Waals surface area contributed by atoms with E-state index >= 15 is 0 Å². The first kappa shape index (κ1) is 11.2. The summed E-state index contributed by atoms with van der Waals surface area (Å²) in [6.45, 7) is 3.48. The number of phenolic OH excluding ortho intramolecular Hbond substituents is 1. The number of hydrogen-bond acceptors (Lipinski definition) is 4. The van der Waals surface area contributed by atoms with E-state index in [4.69, 9.17) is 4.42 Å². The van der Waals surface area contributed by atoms with Crippen molar-refractivity contribution in [3.05, 3.63) is 41.3 Å². The van der Waals surface area contributed by atoms with Gasteiger partial charge in [-0.25, -0.2) is 0 Å². The summed E-state index contributed by atoms with van der Waals surface area (Å²) in [6.07, 6.45) is 1.44. The number of nitrogens with zero attached hydrogens (tertiary/aromatic N) is 1. The maximum absolute atomic E-state index is 11.8. The molecule has 0 spiro atoms. The predicted octanol–water partition coefficient (Wildman–Crippen LogP) is 2.25. The van der Waals surface area contributed by atoms with E-state index in [0.717, 1.165) is 0 Å². The van der Waals surface area contributed by atoms with Crippen molar-refractivity contribution in [2.75, 3.05) is 5.32 Å². The predicted molar refractivity (Wildman–Crippen MR) is 62.0 cm³/mol. The van der Waals surface area contributed by atoms with Crippen LogP contribution in [-0.4, -0.2) is 16.0 Å². The van der Waals surface area contributed by atoms with Crippen LogP contribution in [0.25, 0.3) is 0 Å². The lowest BCUT2D eigenvalue weighted by Crippen LogP contribution is -2.12. The largest absolute Gasteiger partial charge is 0.507 e. The van der Waals surface area contributed by atoms with Gasteiger partial charge >= 0.3 is 6.01 Å². The highest BCUT2D eigenvalue weighted by atomic mass is 16.4. The van der Waals surface area contributed by atoms with Crippen molar-refractivity contribution < 1.29 is 14.3 Å². The number of amides is 1. The van der Waals surface area contributed by atoms with Crippen molar-refractivity contribution in [3.8, 4) is 5.75 Å². The van der Waals surface area contributed by atoms with Gasteiger partial charge in [0.25, 0.3) is 5.91 Å². The fourth-order valence-electron chi connectivity index (χ4n) is 1.42. The first-order chi connectivity index (χ1) is 8.08. The highest BCUT2D eigenvalue weighted by Gasteiger charge is 2.14. The summed E-state index contributed by atoms with van der Waals surface area (Å²) in [7, 11) is 0. The first-order valence-corrected chi connectivity index (χ1v) is 5.10. The van der Waals surface area contributed by atoms with E-state index in [1.54, 1.807) is 26.0 Å². The molecule has 0 atom stereocenters. The summed E-state index contributed by atoms with van der Waals surface area (Å²) in [5, 5.41) is 12.2. The number of anilines is 1. The minimum absolute atomic E-state index is 0.0340. The lowest BCUT2D eigenvalue weighted by Gasteiger charge is -2.05. The molecule has 17 heavy (non-hydrogen) atoms. The zero-order valence-electron chi connectivity index (χ0n) is 9.52. The Morgan fingerprint density at radius 2 is 2.18 bits per heavy atom. The molecule has 2 rings (SSSR count). The number of oxazole rings is 1. The average Bonchev–Trinajstić information content (AvgIpc) is 2.68. The topological polar surface area (TPSA) is 75.4 Å². The molecule has 5 heteroatoms. The number of hydrogen-bond donors (Lipinski definition) is 2. The van der Waals surface area contributed by atoms with Gasteiger partial charge in [0, 0.05) is 0 Å². The monoisotopic (exact) mass is 232 g/mol. The molecule has 1 aromatic carbocycles. The molecule has 0 aliphatic heterocycles. The molecule has 2 aromatic rings. The van der Waals surface area contributed by atoms with E-state index in [1.807, 2.05) is 0 Å². The van der Waals surface area contributed by atoms with Crippen LogP contribution in [0.2, 0.25) is 0 Å². The quantitative estimate of drug-likeness (QED) is 0.832. The number of rotatable bonds is 2. The molecule has 88 valence electrons. The Bertz CT molecular complexity index is 561. The highest BCUT2D eigenvalue weighted by molar-refractivity contribution is 6.05. The molecule has 1 aromatic heterocycles. The van der Waals surface area contributed by atoms with Gasteiger partial charge in [0.1, 0.15) is 12.0 Å². The van der Waals surface area contributed by atoms with E-state index in [1.165, 1.54) is 12.3 Å². The number of para-hydroxylation sites is 1. The second-order valence-electron chi connectivity index (χ2n) is 3.72. The van der Waals surface area contributed by atoms with Crippen LogP contribution in [-0.2, 0) is 0 Å². The van der Waals surface area contributed by atoms with Crippen molar-refractivity contribution in [1.29, 1.82) is 0 Å². The van der Waals surface area contributed by atoms with Crippen molar-refractivity contribution in [1.82, 2.24) is 4.98 Å². The van der Waals surface area contributed by atoms with E-state index in [2.05, 4.69) is 10.3 Å². The van der Waals surface area contributed by atoms with Crippen molar-refractivity contribution in [2.45, 2.75) is 13.8 Å². The number of aromatic nitrogens is 1. The Labute approximate surface area is 98.1 Å². The Morgan fingerprint density at radius 1 is 1.41 bits per heavy atom. The van der Waals surface area contributed by atoms with Gasteiger partial charge in [-0.3, -0.25) is 10.1 Å². The third-order valence-corrected chi connectivity index (χ3v) is 2.32. The van der Waals surface area contributed by atoms with E-state index in [-0.39, 0.29) is 17.3 Å². The Morgan fingerprint density at radius 3 is 2.82 bits per heavy atom. The van der Waals surface area contributed by atoms with Gasteiger partial charge in [0.05, 0.1) is 11.3 Å².